The summed E-state index contributed by atoms with van der Waals surface area (Å²) < 4.78 is 0. The minimum Gasteiger partial charge on any atom is -0.352 e. The zero-order chi connectivity index (χ0) is 14.2. The van der Waals surface area contributed by atoms with Gasteiger partial charge in [-0.25, -0.2) is 4.98 Å². The van der Waals surface area contributed by atoms with Crippen LogP contribution < -0.4 is 4.90 Å². The Morgan fingerprint density at radius 1 is 1.24 bits per heavy atom. The Bertz CT molecular complexity index is 796. The first kappa shape index (κ1) is 13.1. The van der Waals surface area contributed by atoms with E-state index in [4.69, 9.17) is 16.6 Å². The molecule has 2 nitrogen and oxygen atoms in total. The summed E-state index contributed by atoms with van der Waals surface area (Å²) in [6, 6.07) is 12.6. The molecular formula is C17H15ClN2S. The molecule has 106 valence electrons. The molecule has 0 saturated carbocycles. The fourth-order valence-electron chi connectivity index (χ4n) is 2.95. The summed E-state index contributed by atoms with van der Waals surface area (Å²) in [6.45, 7) is 1.96. The highest BCUT2D eigenvalue weighted by molar-refractivity contribution is 7.10. The molecule has 1 aromatic carbocycles. The second-order valence-corrected chi connectivity index (χ2v) is 6.61. The molecule has 0 spiro atoms. The summed E-state index contributed by atoms with van der Waals surface area (Å²) >= 11 is 8.03. The van der Waals surface area contributed by atoms with Gasteiger partial charge in [0.05, 0.1) is 11.4 Å². The maximum absolute atomic E-state index is 6.17. The number of benzene rings is 1. The smallest absolute Gasteiger partial charge is 0.134 e. The van der Waals surface area contributed by atoms with Crippen molar-refractivity contribution in [3.63, 3.8) is 0 Å². The molecule has 0 bridgehead atoms. The molecule has 0 radical (unpaired) electrons. The lowest BCUT2D eigenvalue weighted by Crippen LogP contribution is -2.30. The summed E-state index contributed by atoms with van der Waals surface area (Å²) in [5.41, 5.74) is 3.59. The Labute approximate surface area is 133 Å². The number of thiophene rings is 1. The molecule has 3 aromatic rings. The van der Waals surface area contributed by atoms with Crippen LogP contribution in [0.2, 0.25) is 0 Å². The fourth-order valence-corrected chi connectivity index (χ4v) is 4.04. The van der Waals surface area contributed by atoms with Gasteiger partial charge in [0.2, 0.25) is 0 Å². The first-order valence-electron chi connectivity index (χ1n) is 7.10. The molecule has 3 heterocycles. The van der Waals surface area contributed by atoms with E-state index in [9.17, 15) is 0 Å². The van der Waals surface area contributed by atoms with E-state index in [1.54, 1.807) is 0 Å². The van der Waals surface area contributed by atoms with E-state index in [0.717, 1.165) is 41.8 Å². The normalized spacial score (nSPS) is 14.4. The van der Waals surface area contributed by atoms with Gasteiger partial charge in [-0.1, -0.05) is 18.2 Å². The van der Waals surface area contributed by atoms with Crippen molar-refractivity contribution in [2.45, 2.75) is 18.8 Å². The number of fused-ring (bicyclic) bond motifs is 2. The molecule has 0 aliphatic carbocycles. The second kappa shape index (κ2) is 5.32. The van der Waals surface area contributed by atoms with Crippen LogP contribution in [-0.2, 0) is 18.8 Å². The molecule has 0 fully saturated rings. The zero-order valence-corrected chi connectivity index (χ0v) is 13.1. The molecule has 0 atom stereocenters. The quantitative estimate of drug-likeness (QED) is 0.643. The Morgan fingerprint density at radius 3 is 3.05 bits per heavy atom. The number of hydrogen-bond donors (Lipinski definition) is 0. The van der Waals surface area contributed by atoms with Crippen LogP contribution in [-0.4, -0.2) is 11.5 Å². The molecule has 4 rings (SSSR count). The molecular weight excluding hydrogens is 300 g/mol. The van der Waals surface area contributed by atoms with Gasteiger partial charge in [0.15, 0.2) is 0 Å². The number of aromatic nitrogens is 1. The van der Waals surface area contributed by atoms with Crippen molar-refractivity contribution in [1.82, 2.24) is 4.98 Å². The van der Waals surface area contributed by atoms with Crippen molar-refractivity contribution in [3.05, 3.63) is 57.8 Å². The Morgan fingerprint density at radius 2 is 2.14 bits per heavy atom. The number of para-hydroxylation sites is 1. The van der Waals surface area contributed by atoms with Gasteiger partial charge in [0.25, 0.3) is 0 Å². The number of alkyl halides is 1. The highest BCUT2D eigenvalue weighted by Crippen LogP contribution is 2.31. The van der Waals surface area contributed by atoms with Crippen LogP contribution in [0.15, 0.2) is 41.8 Å². The van der Waals surface area contributed by atoms with Gasteiger partial charge in [0, 0.05) is 28.9 Å². The van der Waals surface area contributed by atoms with Crippen LogP contribution in [0.3, 0.4) is 0 Å². The number of nitrogens with zero attached hydrogens (tertiary/aromatic N) is 2. The zero-order valence-electron chi connectivity index (χ0n) is 11.6. The maximum Gasteiger partial charge on any atom is 0.134 e. The number of rotatable bonds is 2. The third-order valence-electron chi connectivity index (χ3n) is 4.03. The standard InChI is InChI=1S/C17H15ClN2S/c18-10-14-9-12-3-1-2-4-15(12)19-17(14)20-7-5-16-13(11-20)6-8-21-16/h1-4,6,8-9H,5,7,10-11H2. The number of pyridine rings is 1. The van der Waals surface area contributed by atoms with Crippen LogP contribution in [0.1, 0.15) is 16.0 Å². The molecule has 0 unspecified atom stereocenters. The number of anilines is 1. The van der Waals surface area contributed by atoms with Gasteiger partial charge in [-0.05, 0) is 35.6 Å². The molecule has 0 saturated heterocycles. The molecule has 1 aliphatic rings. The fraction of sp³-hybridized carbons (Fsp3) is 0.235. The first-order chi connectivity index (χ1) is 10.3. The molecule has 1 aliphatic heterocycles. The molecule has 0 amide bonds. The van der Waals surface area contributed by atoms with Crippen LogP contribution in [0.5, 0.6) is 0 Å². The summed E-state index contributed by atoms with van der Waals surface area (Å²) in [4.78, 5) is 8.75. The average molecular weight is 315 g/mol. The van der Waals surface area contributed by atoms with Crippen LogP contribution in [0.4, 0.5) is 5.82 Å². The highest BCUT2D eigenvalue weighted by Gasteiger charge is 2.20. The van der Waals surface area contributed by atoms with Gasteiger partial charge >= 0.3 is 0 Å². The summed E-state index contributed by atoms with van der Waals surface area (Å²) in [5, 5.41) is 3.34. The van der Waals surface area contributed by atoms with Crippen molar-refractivity contribution >= 4 is 39.7 Å². The number of halogens is 1. The number of hydrogen-bond acceptors (Lipinski definition) is 3. The third-order valence-corrected chi connectivity index (χ3v) is 5.34. The highest BCUT2D eigenvalue weighted by atomic mass is 35.5. The van der Waals surface area contributed by atoms with E-state index >= 15 is 0 Å². The van der Waals surface area contributed by atoms with Crippen LogP contribution in [0.25, 0.3) is 10.9 Å². The van der Waals surface area contributed by atoms with Gasteiger partial charge < -0.3 is 4.90 Å². The van der Waals surface area contributed by atoms with Gasteiger partial charge in [-0.2, -0.15) is 0 Å². The molecule has 4 heteroatoms. The Kier molecular flexibility index (Phi) is 3.32. The summed E-state index contributed by atoms with van der Waals surface area (Å²) in [6.07, 6.45) is 1.10. The average Bonchev–Trinajstić information content (AvgIpc) is 3.01. The molecule has 21 heavy (non-hydrogen) atoms. The van der Waals surface area contributed by atoms with Crippen molar-refractivity contribution in [3.8, 4) is 0 Å². The van der Waals surface area contributed by atoms with Crippen molar-refractivity contribution in [2.75, 3.05) is 11.4 Å². The lowest BCUT2D eigenvalue weighted by atomic mass is 10.1. The van der Waals surface area contributed by atoms with Crippen LogP contribution in [0, 0.1) is 0 Å². The summed E-state index contributed by atoms with van der Waals surface area (Å²) in [5.74, 6) is 1.54. The monoisotopic (exact) mass is 314 g/mol. The Balaban J connectivity index is 1.79. The van der Waals surface area contributed by atoms with Crippen molar-refractivity contribution in [1.29, 1.82) is 0 Å². The summed E-state index contributed by atoms with van der Waals surface area (Å²) in [7, 11) is 0. The van der Waals surface area contributed by atoms with Gasteiger partial charge in [-0.15, -0.1) is 22.9 Å². The van der Waals surface area contributed by atoms with E-state index in [2.05, 4.69) is 34.5 Å². The van der Waals surface area contributed by atoms with Gasteiger partial charge in [-0.3, -0.25) is 0 Å². The molecule has 2 aromatic heterocycles. The maximum atomic E-state index is 6.17. The predicted octanol–water partition coefficient (Wildman–Crippen LogP) is 4.60. The third kappa shape index (κ3) is 2.30. The largest absolute Gasteiger partial charge is 0.352 e. The lowest BCUT2D eigenvalue weighted by Gasteiger charge is -2.29. The minimum atomic E-state index is 0.500. The SMILES string of the molecule is ClCc1cc2ccccc2nc1N1CCc2sccc2C1. The van der Waals surface area contributed by atoms with E-state index in [0.29, 0.717) is 5.88 Å². The molecule has 0 N–H and O–H groups in total. The lowest BCUT2D eigenvalue weighted by molar-refractivity contribution is 0.730. The van der Waals surface area contributed by atoms with E-state index in [1.807, 2.05) is 23.5 Å². The van der Waals surface area contributed by atoms with E-state index in [-0.39, 0.29) is 0 Å². The first-order valence-corrected chi connectivity index (χ1v) is 8.51. The Hall–Kier alpha value is -1.58. The second-order valence-electron chi connectivity index (χ2n) is 5.34. The van der Waals surface area contributed by atoms with Crippen molar-refractivity contribution in [2.24, 2.45) is 0 Å². The van der Waals surface area contributed by atoms with Crippen LogP contribution >= 0.6 is 22.9 Å². The van der Waals surface area contributed by atoms with E-state index < -0.39 is 0 Å². The van der Waals surface area contributed by atoms with Crippen molar-refractivity contribution < 1.29 is 0 Å². The topological polar surface area (TPSA) is 16.1 Å². The van der Waals surface area contributed by atoms with Gasteiger partial charge in [0.1, 0.15) is 5.82 Å². The minimum absolute atomic E-state index is 0.500. The van der Waals surface area contributed by atoms with E-state index in [1.165, 1.54) is 10.4 Å². The predicted molar refractivity (Wildman–Crippen MR) is 90.4 cm³/mol.